The third kappa shape index (κ3) is 4.57. The molecule has 120 valence electrons. The van der Waals surface area contributed by atoms with E-state index in [4.69, 9.17) is 10.5 Å². The smallest absolute Gasteiger partial charge is 0.255 e. The lowest BCUT2D eigenvalue weighted by molar-refractivity contribution is 0.0998. The molecule has 23 heavy (non-hydrogen) atoms. The van der Waals surface area contributed by atoms with Gasteiger partial charge in [-0.15, -0.1) is 0 Å². The van der Waals surface area contributed by atoms with Gasteiger partial charge in [-0.3, -0.25) is 9.59 Å². The fraction of sp³-hybridized carbons (Fsp3) is 0.222. The maximum Gasteiger partial charge on any atom is 0.255 e. The summed E-state index contributed by atoms with van der Waals surface area (Å²) in [6, 6.07) is 13.4. The van der Waals surface area contributed by atoms with Crippen LogP contribution in [0.1, 0.15) is 41.0 Å². The molecule has 3 N–H and O–H groups in total. The first-order chi connectivity index (χ1) is 11.0. The predicted molar refractivity (Wildman–Crippen MR) is 89.7 cm³/mol. The van der Waals surface area contributed by atoms with Crippen LogP contribution in [0.25, 0.3) is 0 Å². The van der Waals surface area contributed by atoms with Crippen LogP contribution in [0.4, 0.5) is 5.69 Å². The molecular formula is C18H20N2O3. The number of rotatable bonds is 6. The topological polar surface area (TPSA) is 81.4 Å². The van der Waals surface area contributed by atoms with Crippen LogP contribution in [0.5, 0.6) is 5.75 Å². The lowest BCUT2D eigenvalue weighted by Gasteiger charge is -2.12. The molecular weight excluding hydrogens is 292 g/mol. The summed E-state index contributed by atoms with van der Waals surface area (Å²) < 4.78 is 5.68. The minimum absolute atomic E-state index is 0.137. The van der Waals surface area contributed by atoms with Crippen LogP contribution in [0.3, 0.4) is 0 Å². The van der Waals surface area contributed by atoms with Crippen molar-refractivity contribution < 1.29 is 14.3 Å². The number of ether oxygens (including phenoxy) is 1. The van der Waals surface area contributed by atoms with E-state index in [1.165, 1.54) is 0 Å². The van der Waals surface area contributed by atoms with Crippen molar-refractivity contribution in [2.75, 3.05) is 5.32 Å². The van der Waals surface area contributed by atoms with Crippen molar-refractivity contribution in [1.29, 1.82) is 0 Å². The average molecular weight is 312 g/mol. The highest BCUT2D eigenvalue weighted by atomic mass is 16.5. The lowest BCUT2D eigenvalue weighted by atomic mass is 10.1. The number of hydrogen-bond donors (Lipinski definition) is 2. The van der Waals surface area contributed by atoms with Gasteiger partial charge in [0.2, 0.25) is 5.91 Å². The van der Waals surface area contributed by atoms with Crippen molar-refractivity contribution >= 4 is 17.5 Å². The van der Waals surface area contributed by atoms with Crippen LogP contribution in [0, 0.1) is 0 Å². The van der Waals surface area contributed by atoms with Crippen molar-refractivity contribution in [3.05, 3.63) is 59.7 Å². The summed E-state index contributed by atoms with van der Waals surface area (Å²) in [6.45, 7) is 4.05. The van der Waals surface area contributed by atoms with Crippen LogP contribution < -0.4 is 15.8 Å². The highest BCUT2D eigenvalue weighted by Gasteiger charge is 2.08. The van der Waals surface area contributed by atoms with E-state index in [1.807, 2.05) is 6.92 Å². The molecule has 2 aromatic carbocycles. The number of amides is 2. The van der Waals surface area contributed by atoms with Crippen LogP contribution in [-0.4, -0.2) is 17.9 Å². The van der Waals surface area contributed by atoms with Gasteiger partial charge in [0.05, 0.1) is 6.10 Å². The Bertz CT molecular complexity index is 678. The molecule has 2 rings (SSSR count). The van der Waals surface area contributed by atoms with Gasteiger partial charge in [-0.1, -0.05) is 6.92 Å². The second kappa shape index (κ2) is 7.45. The molecule has 0 aliphatic rings. The average Bonchev–Trinajstić information content (AvgIpc) is 2.55. The Balaban J connectivity index is 2.01. The number of primary amides is 1. The lowest BCUT2D eigenvalue weighted by Crippen LogP contribution is -2.13. The first kappa shape index (κ1) is 16.5. The van der Waals surface area contributed by atoms with Crippen molar-refractivity contribution in [3.8, 4) is 5.75 Å². The highest BCUT2D eigenvalue weighted by Crippen LogP contribution is 2.16. The van der Waals surface area contributed by atoms with E-state index in [2.05, 4.69) is 12.2 Å². The van der Waals surface area contributed by atoms with E-state index in [0.717, 1.165) is 12.2 Å². The second-order valence-corrected chi connectivity index (χ2v) is 5.26. The van der Waals surface area contributed by atoms with E-state index in [1.54, 1.807) is 48.5 Å². The number of nitrogens with two attached hydrogens (primary N) is 1. The molecule has 0 aliphatic heterocycles. The van der Waals surface area contributed by atoms with Crippen molar-refractivity contribution in [3.63, 3.8) is 0 Å². The summed E-state index contributed by atoms with van der Waals surface area (Å²) in [7, 11) is 0. The van der Waals surface area contributed by atoms with Gasteiger partial charge in [0.1, 0.15) is 5.75 Å². The molecule has 5 heteroatoms. The second-order valence-electron chi connectivity index (χ2n) is 5.26. The molecule has 1 atom stereocenters. The quantitative estimate of drug-likeness (QED) is 0.859. The predicted octanol–water partition coefficient (Wildman–Crippen LogP) is 3.22. The molecule has 0 heterocycles. The van der Waals surface area contributed by atoms with Crippen LogP contribution in [0.15, 0.2) is 48.5 Å². The third-order valence-corrected chi connectivity index (χ3v) is 3.46. The Hall–Kier alpha value is -2.82. The molecule has 5 nitrogen and oxygen atoms in total. The van der Waals surface area contributed by atoms with Gasteiger partial charge < -0.3 is 15.8 Å². The van der Waals surface area contributed by atoms with E-state index >= 15 is 0 Å². The minimum atomic E-state index is -0.500. The van der Waals surface area contributed by atoms with E-state index in [0.29, 0.717) is 16.8 Å². The first-order valence-corrected chi connectivity index (χ1v) is 7.47. The Labute approximate surface area is 135 Å². The largest absolute Gasteiger partial charge is 0.491 e. The monoisotopic (exact) mass is 312 g/mol. The zero-order valence-electron chi connectivity index (χ0n) is 13.2. The number of carbonyl (C=O) groups excluding carboxylic acids is 2. The zero-order chi connectivity index (χ0) is 16.8. The summed E-state index contributed by atoms with van der Waals surface area (Å²) in [5.41, 5.74) is 6.70. The number of benzene rings is 2. The first-order valence-electron chi connectivity index (χ1n) is 7.47. The maximum absolute atomic E-state index is 12.2. The summed E-state index contributed by atoms with van der Waals surface area (Å²) in [5.74, 6) is 0.00778. The van der Waals surface area contributed by atoms with E-state index in [-0.39, 0.29) is 12.0 Å². The number of anilines is 1. The van der Waals surface area contributed by atoms with Gasteiger partial charge in [0.25, 0.3) is 5.91 Å². The number of nitrogens with one attached hydrogen (secondary N) is 1. The van der Waals surface area contributed by atoms with Crippen molar-refractivity contribution in [2.45, 2.75) is 26.4 Å². The summed E-state index contributed by atoms with van der Waals surface area (Å²) >= 11 is 0. The van der Waals surface area contributed by atoms with Crippen molar-refractivity contribution in [2.24, 2.45) is 5.73 Å². The molecule has 0 fully saturated rings. The fourth-order valence-electron chi connectivity index (χ4n) is 1.92. The molecule has 2 amide bonds. The van der Waals surface area contributed by atoms with Crippen LogP contribution in [-0.2, 0) is 0 Å². The van der Waals surface area contributed by atoms with Gasteiger partial charge in [-0.2, -0.15) is 0 Å². The van der Waals surface area contributed by atoms with Gasteiger partial charge in [0, 0.05) is 16.8 Å². The van der Waals surface area contributed by atoms with Gasteiger partial charge in [-0.25, -0.2) is 0 Å². The molecule has 0 spiro atoms. The maximum atomic E-state index is 12.2. The molecule has 0 unspecified atom stereocenters. The van der Waals surface area contributed by atoms with Crippen molar-refractivity contribution in [1.82, 2.24) is 0 Å². The Morgan fingerprint density at radius 3 is 2.13 bits per heavy atom. The van der Waals surface area contributed by atoms with E-state index < -0.39 is 5.91 Å². The van der Waals surface area contributed by atoms with Crippen LogP contribution in [0.2, 0.25) is 0 Å². The third-order valence-electron chi connectivity index (χ3n) is 3.46. The summed E-state index contributed by atoms with van der Waals surface area (Å²) in [4.78, 5) is 23.2. The molecule has 0 radical (unpaired) electrons. The molecule has 2 aromatic rings. The minimum Gasteiger partial charge on any atom is -0.491 e. The standard InChI is InChI=1S/C18H20N2O3/c1-3-12(2)23-16-10-6-14(7-11-16)18(22)20-15-8-4-13(5-9-15)17(19)21/h4-12H,3H2,1-2H3,(H2,19,21)(H,20,22)/t12-/m1/s1. The molecule has 0 bridgehead atoms. The Morgan fingerprint density at radius 1 is 1.04 bits per heavy atom. The Kier molecular flexibility index (Phi) is 5.36. The fourth-order valence-corrected chi connectivity index (χ4v) is 1.92. The summed E-state index contributed by atoms with van der Waals surface area (Å²) in [6.07, 6.45) is 1.06. The van der Waals surface area contributed by atoms with Crippen LogP contribution >= 0.6 is 0 Å². The van der Waals surface area contributed by atoms with Gasteiger partial charge in [0.15, 0.2) is 0 Å². The normalized spacial score (nSPS) is 11.6. The zero-order valence-corrected chi connectivity index (χ0v) is 13.2. The molecule has 0 saturated carbocycles. The SMILES string of the molecule is CC[C@@H](C)Oc1ccc(C(=O)Nc2ccc(C(N)=O)cc2)cc1. The Morgan fingerprint density at radius 2 is 1.61 bits per heavy atom. The summed E-state index contributed by atoms with van der Waals surface area (Å²) in [5, 5.41) is 2.76. The number of carbonyl (C=O) groups is 2. The number of hydrogen-bond acceptors (Lipinski definition) is 3. The highest BCUT2D eigenvalue weighted by molar-refractivity contribution is 6.04. The molecule has 0 aliphatic carbocycles. The van der Waals surface area contributed by atoms with Gasteiger partial charge >= 0.3 is 0 Å². The molecule has 0 saturated heterocycles. The van der Waals surface area contributed by atoms with Gasteiger partial charge in [-0.05, 0) is 61.9 Å². The van der Waals surface area contributed by atoms with E-state index in [9.17, 15) is 9.59 Å². The molecule has 0 aromatic heterocycles.